The molecule has 0 amide bonds. The molecule has 0 fully saturated rings. The van der Waals surface area contributed by atoms with Crippen LogP contribution in [0.15, 0.2) is 30.5 Å². The molecule has 0 N–H and O–H groups in total. The molecule has 14 heavy (non-hydrogen) atoms. The summed E-state index contributed by atoms with van der Waals surface area (Å²) >= 11 is 5.90. The number of aromatic nitrogens is 1. The zero-order chi connectivity index (χ0) is 10.1. The van der Waals surface area contributed by atoms with Crippen LogP contribution >= 0.6 is 11.6 Å². The van der Waals surface area contributed by atoms with Crippen LogP contribution in [0.4, 0.5) is 0 Å². The van der Waals surface area contributed by atoms with Gasteiger partial charge in [-0.05, 0) is 12.1 Å². The number of nitrogens with zero attached hydrogens (tertiary/aromatic N) is 1. The summed E-state index contributed by atoms with van der Waals surface area (Å²) in [6.07, 6.45) is 1.44. The van der Waals surface area contributed by atoms with Crippen LogP contribution in [0, 0.1) is 5.21 Å². The summed E-state index contributed by atoms with van der Waals surface area (Å²) in [5.41, 5.74) is 0.540. The normalized spacial score (nSPS) is 10.4. The number of rotatable bonds is 1. The fourth-order valence-electron chi connectivity index (χ4n) is 1.34. The molecule has 2 aromatic rings. The van der Waals surface area contributed by atoms with E-state index in [2.05, 4.69) is 0 Å². The van der Waals surface area contributed by atoms with Crippen molar-refractivity contribution in [3.05, 3.63) is 40.7 Å². The number of benzene rings is 1. The minimum Gasteiger partial charge on any atom is -0.618 e. The van der Waals surface area contributed by atoms with Crippen molar-refractivity contribution in [3.63, 3.8) is 0 Å². The molecule has 1 aromatic heterocycles. The SMILES string of the molecule is COc1cc2ccc[n+]([O-])c2cc1Cl. The molecule has 0 saturated heterocycles. The third-order valence-corrected chi connectivity index (χ3v) is 2.33. The molecule has 0 spiro atoms. The van der Waals surface area contributed by atoms with Crippen molar-refractivity contribution >= 4 is 22.5 Å². The summed E-state index contributed by atoms with van der Waals surface area (Å²) in [4.78, 5) is 0. The lowest BCUT2D eigenvalue weighted by Crippen LogP contribution is -2.25. The molecule has 0 bridgehead atoms. The summed E-state index contributed by atoms with van der Waals surface area (Å²) in [7, 11) is 1.54. The van der Waals surface area contributed by atoms with Crippen LogP contribution in [0.1, 0.15) is 0 Å². The van der Waals surface area contributed by atoms with Gasteiger partial charge in [0.25, 0.3) is 0 Å². The Kier molecular flexibility index (Phi) is 2.17. The maximum absolute atomic E-state index is 11.3. The van der Waals surface area contributed by atoms with Crippen molar-refractivity contribution in [3.8, 4) is 5.75 Å². The smallest absolute Gasteiger partial charge is 0.225 e. The standard InChI is InChI=1S/C10H8ClNO2/c1-14-10-5-7-3-2-4-12(13)9(7)6-8(10)11/h2-6H,1H3. The minimum absolute atomic E-state index is 0.441. The van der Waals surface area contributed by atoms with E-state index in [1.165, 1.54) is 6.20 Å². The molecule has 1 heterocycles. The van der Waals surface area contributed by atoms with Crippen molar-refractivity contribution in [1.29, 1.82) is 0 Å². The van der Waals surface area contributed by atoms with Gasteiger partial charge in [0, 0.05) is 12.1 Å². The van der Waals surface area contributed by atoms with Crippen molar-refractivity contribution in [2.75, 3.05) is 7.11 Å². The average molecular weight is 210 g/mol. The average Bonchev–Trinajstić information content (AvgIpc) is 2.19. The van der Waals surface area contributed by atoms with E-state index >= 15 is 0 Å². The van der Waals surface area contributed by atoms with Gasteiger partial charge in [-0.25, -0.2) is 0 Å². The van der Waals surface area contributed by atoms with Gasteiger partial charge in [0.05, 0.1) is 17.5 Å². The maximum atomic E-state index is 11.3. The van der Waals surface area contributed by atoms with Gasteiger partial charge in [-0.1, -0.05) is 11.6 Å². The van der Waals surface area contributed by atoms with E-state index in [4.69, 9.17) is 16.3 Å². The van der Waals surface area contributed by atoms with Crippen LogP contribution in [0.5, 0.6) is 5.75 Å². The Bertz CT molecular complexity index is 485. The predicted octanol–water partition coefficient (Wildman–Crippen LogP) is 2.14. The third-order valence-electron chi connectivity index (χ3n) is 2.04. The molecule has 0 aliphatic heterocycles. The summed E-state index contributed by atoms with van der Waals surface area (Å²) < 4.78 is 5.83. The second kappa shape index (κ2) is 3.35. The van der Waals surface area contributed by atoms with E-state index in [1.807, 2.05) is 6.07 Å². The Labute approximate surface area is 86.1 Å². The van der Waals surface area contributed by atoms with E-state index in [-0.39, 0.29) is 0 Å². The monoisotopic (exact) mass is 209 g/mol. The first-order valence-electron chi connectivity index (χ1n) is 4.08. The van der Waals surface area contributed by atoms with Crippen LogP contribution in [0.3, 0.4) is 0 Å². The molecule has 0 aliphatic carbocycles. The Morgan fingerprint density at radius 1 is 1.43 bits per heavy atom. The van der Waals surface area contributed by atoms with Crippen molar-refractivity contribution < 1.29 is 9.47 Å². The van der Waals surface area contributed by atoms with Crippen molar-refractivity contribution in [2.24, 2.45) is 0 Å². The lowest BCUT2D eigenvalue weighted by atomic mass is 10.2. The first kappa shape index (κ1) is 9.09. The summed E-state index contributed by atoms with van der Waals surface area (Å²) in [6, 6.07) is 6.86. The van der Waals surface area contributed by atoms with E-state index in [9.17, 15) is 5.21 Å². The van der Waals surface area contributed by atoms with Crippen LogP contribution in [-0.2, 0) is 0 Å². The molecule has 0 unspecified atom stereocenters. The number of hydrogen-bond donors (Lipinski definition) is 0. The van der Waals surface area contributed by atoms with Gasteiger partial charge >= 0.3 is 0 Å². The quantitative estimate of drug-likeness (QED) is 0.533. The molecular formula is C10H8ClNO2. The molecule has 0 radical (unpaired) electrons. The molecule has 0 saturated carbocycles. The molecule has 1 aromatic carbocycles. The van der Waals surface area contributed by atoms with Crippen molar-refractivity contribution in [1.82, 2.24) is 0 Å². The minimum atomic E-state index is 0.441. The molecule has 4 heteroatoms. The van der Waals surface area contributed by atoms with Gasteiger partial charge in [-0.15, -0.1) is 0 Å². The lowest BCUT2D eigenvalue weighted by molar-refractivity contribution is -0.577. The van der Waals surface area contributed by atoms with E-state index in [0.717, 1.165) is 10.1 Å². The van der Waals surface area contributed by atoms with E-state index in [1.54, 1.807) is 25.3 Å². The van der Waals surface area contributed by atoms with Gasteiger partial charge in [0.1, 0.15) is 5.75 Å². The highest BCUT2D eigenvalue weighted by atomic mass is 35.5. The zero-order valence-corrected chi connectivity index (χ0v) is 8.28. The Hall–Kier alpha value is -1.48. The molecule has 0 aliphatic rings. The number of fused-ring (bicyclic) bond motifs is 1. The first-order valence-corrected chi connectivity index (χ1v) is 4.45. The largest absolute Gasteiger partial charge is 0.618 e. The number of halogens is 1. The second-order valence-corrected chi connectivity index (χ2v) is 3.29. The summed E-state index contributed by atoms with van der Waals surface area (Å²) in [6.45, 7) is 0. The number of ether oxygens (including phenoxy) is 1. The molecule has 72 valence electrons. The fourth-order valence-corrected chi connectivity index (χ4v) is 1.58. The Morgan fingerprint density at radius 2 is 2.21 bits per heavy atom. The number of pyridine rings is 1. The molecule has 3 nitrogen and oxygen atoms in total. The van der Waals surface area contributed by atoms with Crippen molar-refractivity contribution in [2.45, 2.75) is 0 Å². The highest BCUT2D eigenvalue weighted by Gasteiger charge is 2.08. The van der Waals surface area contributed by atoms with Gasteiger partial charge < -0.3 is 9.94 Å². The predicted molar refractivity (Wildman–Crippen MR) is 54.5 cm³/mol. The summed E-state index contributed by atoms with van der Waals surface area (Å²) in [5.74, 6) is 0.574. The van der Waals surface area contributed by atoms with Crippen LogP contribution in [-0.4, -0.2) is 7.11 Å². The Morgan fingerprint density at radius 3 is 2.93 bits per heavy atom. The fraction of sp³-hybridized carbons (Fsp3) is 0.100. The third kappa shape index (κ3) is 1.36. The number of hydrogen-bond acceptors (Lipinski definition) is 2. The van der Waals surface area contributed by atoms with Crippen LogP contribution in [0.2, 0.25) is 5.02 Å². The van der Waals surface area contributed by atoms with Gasteiger partial charge in [-0.3, -0.25) is 0 Å². The second-order valence-electron chi connectivity index (χ2n) is 2.88. The van der Waals surface area contributed by atoms with Crippen LogP contribution in [0.25, 0.3) is 10.9 Å². The molecule has 2 rings (SSSR count). The lowest BCUT2D eigenvalue weighted by Gasteiger charge is -2.05. The van der Waals surface area contributed by atoms with Gasteiger partial charge in [-0.2, -0.15) is 4.73 Å². The molecular weight excluding hydrogens is 202 g/mol. The Balaban J connectivity index is 2.79. The van der Waals surface area contributed by atoms with Gasteiger partial charge in [0.2, 0.25) is 5.52 Å². The summed E-state index contributed by atoms with van der Waals surface area (Å²) in [5, 5.41) is 12.6. The van der Waals surface area contributed by atoms with E-state index < -0.39 is 0 Å². The number of methoxy groups -OCH3 is 1. The first-order chi connectivity index (χ1) is 6.72. The van der Waals surface area contributed by atoms with E-state index in [0.29, 0.717) is 16.3 Å². The topological polar surface area (TPSA) is 36.2 Å². The highest BCUT2D eigenvalue weighted by Crippen LogP contribution is 2.27. The maximum Gasteiger partial charge on any atom is 0.225 e. The van der Waals surface area contributed by atoms with Crippen LogP contribution < -0.4 is 9.47 Å². The molecule has 0 atom stereocenters. The van der Waals surface area contributed by atoms with Gasteiger partial charge in [0.15, 0.2) is 6.20 Å². The zero-order valence-electron chi connectivity index (χ0n) is 7.53. The highest BCUT2D eigenvalue weighted by molar-refractivity contribution is 6.32.